The molecule has 8 rings (SSSR count). The third kappa shape index (κ3) is 3.43. The predicted molar refractivity (Wildman–Crippen MR) is 158 cm³/mol. The number of fused-ring (bicyclic) bond motifs is 8. The normalized spacial score (nSPS) is 12.5. The summed E-state index contributed by atoms with van der Waals surface area (Å²) in [7, 11) is 0. The Bertz CT molecular complexity index is 2020. The first-order valence-corrected chi connectivity index (χ1v) is 14.1. The molecule has 0 fully saturated rings. The van der Waals surface area contributed by atoms with Gasteiger partial charge in [-0.1, -0.05) is 102 Å². The van der Waals surface area contributed by atoms with Gasteiger partial charge in [0.1, 0.15) is 6.33 Å². The fourth-order valence-corrected chi connectivity index (χ4v) is 7.71. The molecule has 1 aliphatic heterocycles. The van der Waals surface area contributed by atoms with E-state index in [1.165, 1.54) is 51.9 Å². The van der Waals surface area contributed by atoms with Crippen LogP contribution >= 0.6 is 23.5 Å². The minimum absolute atomic E-state index is 0.681. The second-order valence-electron chi connectivity index (χ2n) is 9.27. The van der Waals surface area contributed by atoms with Gasteiger partial charge in [-0.15, -0.1) is 0 Å². The number of nitrogens with zero attached hydrogens (tertiary/aromatic N) is 3. The van der Waals surface area contributed by atoms with Crippen molar-refractivity contribution in [2.75, 3.05) is 0 Å². The summed E-state index contributed by atoms with van der Waals surface area (Å²) in [5.41, 5.74) is 2.02. The van der Waals surface area contributed by atoms with Gasteiger partial charge in [-0.3, -0.25) is 0 Å². The Morgan fingerprint density at radius 1 is 0.447 bits per heavy atom. The van der Waals surface area contributed by atoms with Gasteiger partial charge in [0.25, 0.3) is 0 Å². The Hall–Kier alpha value is -4.19. The molecule has 0 atom stereocenters. The van der Waals surface area contributed by atoms with Gasteiger partial charge in [0.2, 0.25) is 0 Å². The Balaban J connectivity index is 1.28. The summed E-state index contributed by atoms with van der Waals surface area (Å²) < 4.78 is 0. The molecule has 0 radical (unpaired) electrons. The van der Waals surface area contributed by atoms with E-state index in [9.17, 15) is 0 Å². The van der Waals surface area contributed by atoms with E-state index in [2.05, 4.69) is 119 Å². The zero-order valence-corrected chi connectivity index (χ0v) is 21.8. The van der Waals surface area contributed by atoms with E-state index in [0.717, 1.165) is 11.1 Å². The summed E-state index contributed by atoms with van der Waals surface area (Å²) >= 11 is 3.59. The molecule has 1 aromatic heterocycles. The topological polar surface area (TPSA) is 38.7 Å². The van der Waals surface area contributed by atoms with Crippen molar-refractivity contribution in [2.24, 2.45) is 0 Å². The van der Waals surface area contributed by atoms with Crippen molar-refractivity contribution >= 4 is 55.8 Å². The molecule has 178 valence electrons. The van der Waals surface area contributed by atoms with Gasteiger partial charge in [0.15, 0.2) is 11.6 Å². The van der Waals surface area contributed by atoms with Gasteiger partial charge in [-0.05, 0) is 62.6 Å². The Morgan fingerprint density at radius 3 is 1.76 bits per heavy atom. The Morgan fingerprint density at radius 2 is 1.03 bits per heavy atom. The van der Waals surface area contributed by atoms with E-state index in [-0.39, 0.29) is 0 Å². The van der Waals surface area contributed by atoms with E-state index >= 15 is 0 Å². The molecule has 0 saturated carbocycles. The molecule has 1 aliphatic rings. The van der Waals surface area contributed by atoms with Crippen LogP contribution in [0.3, 0.4) is 0 Å². The van der Waals surface area contributed by atoms with E-state index in [4.69, 9.17) is 4.98 Å². The van der Waals surface area contributed by atoms with Crippen LogP contribution < -0.4 is 0 Å². The Kier molecular flexibility index (Phi) is 5.00. The van der Waals surface area contributed by atoms with E-state index in [0.29, 0.717) is 11.6 Å². The van der Waals surface area contributed by atoms with Gasteiger partial charge >= 0.3 is 0 Å². The molecule has 2 heterocycles. The van der Waals surface area contributed by atoms with Crippen LogP contribution in [-0.2, 0) is 0 Å². The zero-order valence-electron chi connectivity index (χ0n) is 20.1. The fourth-order valence-electron chi connectivity index (χ4n) is 5.34. The first-order chi connectivity index (χ1) is 18.8. The molecule has 38 heavy (non-hydrogen) atoms. The smallest absolute Gasteiger partial charge is 0.164 e. The molecular weight excluding hydrogens is 503 g/mol. The van der Waals surface area contributed by atoms with Crippen molar-refractivity contribution in [1.82, 2.24) is 15.0 Å². The van der Waals surface area contributed by atoms with Crippen LogP contribution in [0.1, 0.15) is 0 Å². The van der Waals surface area contributed by atoms with Crippen molar-refractivity contribution in [3.8, 4) is 22.8 Å². The lowest BCUT2D eigenvalue weighted by molar-refractivity contribution is 1.05. The van der Waals surface area contributed by atoms with Crippen molar-refractivity contribution in [3.63, 3.8) is 0 Å². The Labute approximate surface area is 228 Å². The van der Waals surface area contributed by atoms with Crippen LogP contribution in [0.25, 0.3) is 55.1 Å². The van der Waals surface area contributed by atoms with Crippen LogP contribution in [0.4, 0.5) is 0 Å². The molecule has 0 N–H and O–H groups in total. The van der Waals surface area contributed by atoms with Gasteiger partial charge < -0.3 is 0 Å². The summed E-state index contributed by atoms with van der Waals surface area (Å²) in [6, 6.07) is 38.7. The number of rotatable bonds is 2. The zero-order chi connectivity index (χ0) is 25.1. The van der Waals surface area contributed by atoms with Gasteiger partial charge in [-0.25, -0.2) is 15.0 Å². The lowest BCUT2D eigenvalue weighted by Gasteiger charge is -2.20. The number of hydrogen-bond acceptors (Lipinski definition) is 5. The van der Waals surface area contributed by atoms with Crippen molar-refractivity contribution < 1.29 is 0 Å². The average Bonchev–Trinajstić information content (AvgIpc) is 2.99. The van der Waals surface area contributed by atoms with E-state index < -0.39 is 0 Å². The second-order valence-corrected chi connectivity index (χ2v) is 11.4. The van der Waals surface area contributed by atoms with Crippen LogP contribution in [0.2, 0.25) is 0 Å². The van der Waals surface area contributed by atoms with Crippen LogP contribution in [0.5, 0.6) is 0 Å². The lowest BCUT2D eigenvalue weighted by atomic mass is 9.93. The third-order valence-corrected chi connectivity index (χ3v) is 9.69. The maximum absolute atomic E-state index is 4.98. The van der Waals surface area contributed by atoms with E-state index in [1.807, 2.05) is 0 Å². The number of hydrogen-bond donors (Lipinski definition) is 0. The second kappa shape index (κ2) is 8.69. The fraction of sp³-hybridized carbons (Fsp3) is 0. The summed E-state index contributed by atoms with van der Waals surface area (Å²) in [5.74, 6) is 1.38. The minimum Gasteiger partial charge on any atom is -0.217 e. The largest absolute Gasteiger partial charge is 0.217 e. The predicted octanol–water partition coefficient (Wildman–Crippen LogP) is 9.28. The highest BCUT2D eigenvalue weighted by Crippen LogP contribution is 2.51. The highest BCUT2D eigenvalue weighted by Gasteiger charge is 2.21. The maximum Gasteiger partial charge on any atom is 0.164 e. The molecular formula is C33H19N3S2. The maximum atomic E-state index is 4.98. The summed E-state index contributed by atoms with van der Waals surface area (Å²) in [6.45, 7) is 0. The molecule has 0 aliphatic carbocycles. The highest BCUT2D eigenvalue weighted by atomic mass is 32.2. The third-order valence-electron chi connectivity index (χ3n) is 7.08. The van der Waals surface area contributed by atoms with Crippen LogP contribution in [0, 0.1) is 0 Å². The minimum atomic E-state index is 0.681. The molecule has 6 aromatic carbocycles. The number of aromatic nitrogens is 3. The summed E-state index contributed by atoms with van der Waals surface area (Å²) in [6.07, 6.45) is 1.63. The van der Waals surface area contributed by atoms with Gasteiger partial charge in [0, 0.05) is 30.7 Å². The van der Waals surface area contributed by atoms with Crippen LogP contribution in [-0.4, -0.2) is 15.0 Å². The molecule has 0 unspecified atom stereocenters. The van der Waals surface area contributed by atoms with E-state index in [1.54, 1.807) is 29.9 Å². The van der Waals surface area contributed by atoms with Gasteiger partial charge in [0.05, 0.1) is 0 Å². The SMILES string of the molecule is c1ccc2c(c1)Sc1cccc(-c3ncnc(-c4ccc5c6ccccc6c6ccccc6c5c4)n3)c1S2. The molecule has 7 aromatic rings. The van der Waals surface area contributed by atoms with Crippen LogP contribution in [0.15, 0.2) is 135 Å². The van der Waals surface area contributed by atoms with Gasteiger partial charge in [-0.2, -0.15) is 0 Å². The quantitative estimate of drug-likeness (QED) is 0.212. The highest BCUT2D eigenvalue weighted by molar-refractivity contribution is 8.05. The molecule has 0 saturated heterocycles. The summed E-state index contributed by atoms with van der Waals surface area (Å²) in [4.78, 5) is 19.2. The molecule has 0 bridgehead atoms. The molecule has 0 spiro atoms. The average molecular weight is 522 g/mol. The molecule has 0 amide bonds. The number of benzene rings is 6. The molecule has 3 nitrogen and oxygen atoms in total. The van der Waals surface area contributed by atoms with Crippen molar-refractivity contribution in [1.29, 1.82) is 0 Å². The molecule has 5 heteroatoms. The first kappa shape index (κ1) is 21.9. The van der Waals surface area contributed by atoms with Crippen molar-refractivity contribution in [2.45, 2.75) is 19.6 Å². The van der Waals surface area contributed by atoms with Crippen molar-refractivity contribution in [3.05, 3.63) is 116 Å². The lowest BCUT2D eigenvalue weighted by Crippen LogP contribution is -1.98. The first-order valence-electron chi connectivity index (χ1n) is 12.4. The summed E-state index contributed by atoms with van der Waals surface area (Å²) in [5, 5.41) is 7.48. The monoisotopic (exact) mass is 521 g/mol. The standard InChI is InChI=1S/C33H19N3S2/c1-2-10-23-21(8-1)22-9-3-4-11-24(22)27-18-20(16-17-25(23)27)32-34-19-35-33(36-32)26-12-7-15-30-31(26)38-29-14-6-5-13-28(29)37-30/h1-19H.